The first-order chi connectivity index (χ1) is 25.8. The second-order valence-electron chi connectivity index (χ2n) is 12.8. The molecule has 0 saturated carbocycles. The Kier molecular flexibility index (Phi) is 6.76. The molecule has 6 nitrogen and oxygen atoms in total. The van der Waals surface area contributed by atoms with Gasteiger partial charge in [0.2, 0.25) is 0 Å². The van der Waals surface area contributed by atoms with E-state index in [1.165, 1.54) is 21.5 Å². The van der Waals surface area contributed by atoms with Gasteiger partial charge in [-0.2, -0.15) is 5.26 Å². The SMILES string of the molecule is N#Cc1cccc(-c2nc(-c3ccccc3)nc(-c3ccccc3-n3c4ccccc4c4ccc5c(c6ccccc6n5-c5ccccc5)c43)n2)c1. The van der Waals surface area contributed by atoms with Gasteiger partial charge in [0, 0.05) is 43.9 Å². The first-order valence-electron chi connectivity index (χ1n) is 17.2. The van der Waals surface area contributed by atoms with Crippen LogP contribution in [-0.2, 0) is 0 Å². The Balaban J connectivity index is 1.31. The molecule has 52 heavy (non-hydrogen) atoms. The molecule has 0 aliphatic heterocycles. The van der Waals surface area contributed by atoms with Crippen LogP contribution in [0, 0.1) is 11.3 Å². The predicted molar refractivity (Wildman–Crippen MR) is 210 cm³/mol. The van der Waals surface area contributed by atoms with E-state index < -0.39 is 0 Å². The van der Waals surface area contributed by atoms with Gasteiger partial charge in [-0.1, -0.05) is 115 Å². The average Bonchev–Trinajstić information content (AvgIpc) is 3.74. The van der Waals surface area contributed by atoms with Gasteiger partial charge in [-0.3, -0.25) is 0 Å². The van der Waals surface area contributed by atoms with Crippen LogP contribution in [0.1, 0.15) is 5.56 Å². The Morgan fingerprint density at radius 1 is 0.442 bits per heavy atom. The van der Waals surface area contributed by atoms with E-state index in [1.54, 1.807) is 6.07 Å². The second-order valence-corrected chi connectivity index (χ2v) is 12.8. The van der Waals surface area contributed by atoms with Gasteiger partial charge < -0.3 is 9.13 Å². The predicted octanol–water partition coefficient (Wildman–Crippen LogP) is 10.9. The minimum absolute atomic E-state index is 0.506. The summed E-state index contributed by atoms with van der Waals surface area (Å²) >= 11 is 0. The Morgan fingerprint density at radius 2 is 1.06 bits per heavy atom. The van der Waals surface area contributed by atoms with E-state index in [4.69, 9.17) is 15.0 Å². The fraction of sp³-hybridized carbons (Fsp3) is 0. The van der Waals surface area contributed by atoms with Gasteiger partial charge in [-0.05, 0) is 54.6 Å². The molecular formula is C46H28N6. The van der Waals surface area contributed by atoms with Crippen LogP contribution in [0.5, 0.6) is 0 Å². The molecule has 7 aromatic carbocycles. The summed E-state index contributed by atoms with van der Waals surface area (Å²) < 4.78 is 4.74. The minimum Gasteiger partial charge on any atom is -0.309 e. The number of aromatic nitrogens is 5. The molecule has 3 aromatic heterocycles. The highest BCUT2D eigenvalue weighted by Crippen LogP contribution is 2.43. The molecule has 0 N–H and O–H groups in total. The minimum atomic E-state index is 0.506. The molecule has 10 rings (SSSR count). The number of nitriles is 1. The molecular weight excluding hydrogens is 637 g/mol. The second kappa shape index (κ2) is 11.9. The zero-order valence-electron chi connectivity index (χ0n) is 27.8. The van der Waals surface area contributed by atoms with Crippen molar-refractivity contribution in [2.75, 3.05) is 0 Å². The Hall–Kier alpha value is -7.36. The molecule has 0 fully saturated rings. The summed E-state index contributed by atoms with van der Waals surface area (Å²) in [6, 6.07) is 60.3. The van der Waals surface area contributed by atoms with Crippen LogP contribution in [0.15, 0.2) is 170 Å². The molecule has 0 saturated heterocycles. The maximum Gasteiger partial charge on any atom is 0.166 e. The average molecular weight is 665 g/mol. The molecule has 3 heterocycles. The van der Waals surface area contributed by atoms with Gasteiger partial charge in [-0.15, -0.1) is 0 Å². The van der Waals surface area contributed by atoms with Crippen LogP contribution >= 0.6 is 0 Å². The molecule has 6 heteroatoms. The quantitative estimate of drug-likeness (QED) is 0.184. The van der Waals surface area contributed by atoms with E-state index in [1.807, 2.05) is 54.6 Å². The first-order valence-corrected chi connectivity index (χ1v) is 17.2. The van der Waals surface area contributed by atoms with Gasteiger partial charge in [0.05, 0.1) is 39.4 Å². The molecule has 0 amide bonds. The molecule has 0 aliphatic carbocycles. The van der Waals surface area contributed by atoms with E-state index >= 15 is 0 Å². The van der Waals surface area contributed by atoms with Crippen LogP contribution in [0.4, 0.5) is 0 Å². The van der Waals surface area contributed by atoms with Crippen LogP contribution in [0.3, 0.4) is 0 Å². The molecule has 0 unspecified atom stereocenters. The third-order valence-corrected chi connectivity index (χ3v) is 9.79. The van der Waals surface area contributed by atoms with Crippen molar-refractivity contribution in [1.29, 1.82) is 5.26 Å². The summed E-state index contributed by atoms with van der Waals surface area (Å²) in [5, 5.41) is 14.4. The van der Waals surface area contributed by atoms with Gasteiger partial charge in [-0.25, -0.2) is 15.0 Å². The van der Waals surface area contributed by atoms with Crippen molar-refractivity contribution in [3.05, 3.63) is 175 Å². The fourth-order valence-electron chi connectivity index (χ4n) is 7.54. The van der Waals surface area contributed by atoms with Crippen molar-refractivity contribution in [3.8, 4) is 51.6 Å². The smallest absolute Gasteiger partial charge is 0.166 e. The lowest BCUT2D eigenvalue weighted by atomic mass is 10.1. The molecule has 0 radical (unpaired) electrons. The Bertz CT molecular complexity index is 3020. The first kappa shape index (κ1) is 29.5. The number of nitrogens with zero attached hydrogens (tertiary/aromatic N) is 6. The lowest BCUT2D eigenvalue weighted by Crippen LogP contribution is -2.03. The number of para-hydroxylation sites is 4. The van der Waals surface area contributed by atoms with Gasteiger partial charge in [0.15, 0.2) is 17.5 Å². The summed E-state index contributed by atoms with van der Waals surface area (Å²) in [5.74, 6) is 1.62. The third kappa shape index (κ3) is 4.61. The molecule has 10 aromatic rings. The van der Waals surface area contributed by atoms with Crippen molar-refractivity contribution < 1.29 is 0 Å². The monoisotopic (exact) mass is 664 g/mol. The third-order valence-electron chi connectivity index (χ3n) is 9.79. The van der Waals surface area contributed by atoms with Gasteiger partial charge in [0.25, 0.3) is 0 Å². The summed E-state index contributed by atoms with van der Waals surface area (Å²) in [6.07, 6.45) is 0. The molecule has 0 aliphatic rings. The maximum atomic E-state index is 9.69. The number of benzene rings is 7. The number of rotatable bonds is 5. The normalized spacial score (nSPS) is 11.4. The standard InChI is InChI=1S/C46H28N6/c47-29-30-14-13-17-32(28-30)45-48-44(31-15-3-1-4-16-31)49-46(50-45)37-22-9-12-25-40(37)52-38-23-10-7-20-34(38)35-26-27-41-42(43(35)52)36-21-8-11-24-39(36)51(41)33-18-5-2-6-19-33/h1-28H. The Morgan fingerprint density at radius 3 is 1.85 bits per heavy atom. The maximum absolute atomic E-state index is 9.69. The Labute approximate surface area is 299 Å². The van der Waals surface area contributed by atoms with Crippen LogP contribution in [0.25, 0.3) is 89.2 Å². The number of fused-ring (bicyclic) bond motifs is 7. The van der Waals surface area contributed by atoms with Crippen molar-refractivity contribution in [2.24, 2.45) is 0 Å². The molecule has 0 atom stereocenters. The van der Waals surface area contributed by atoms with E-state index in [9.17, 15) is 5.26 Å². The summed E-state index contributed by atoms with van der Waals surface area (Å²) in [7, 11) is 0. The summed E-state index contributed by atoms with van der Waals surface area (Å²) in [6.45, 7) is 0. The highest BCUT2D eigenvalue weighted by molar-refractivity contribution is 6.26. The zero-order valence-corrected chi connectivity index (χ0v) is 27.8. The van der Waals surface area contributed by atoms with E-state index in [2.05, 4.69) is 124 Å². The van der Waals surface area contributed by atoms with Crippen LogP contribution in [-0.4, -0.2) is 24.1 Å². The highest BCUT2D eigenvalue weighted by Gasteiger charge is 2.23. The van der Waals surface area contributed by atoms with Gasteiger partial charge >= 0.3 is 0 Å². The van der Waals surface area contributed by atoms with Gasteiger partial charge in [0.1, 0.15) is 0 Å². The van der Waals surface area contributed by atoms with E-state index in [0.717, 1.165) is 50.1 Å². The number of hydrogen-bond donors (Lipinski definition) is 0. The van der Waals surface area contributed by atoms with Crippen LogP contribution < -0.4 is 0 Å². The number of hydrogen-bond acceptors (Lipinski definition) is 4. The van der Waals surface area contributed by atoms with E-state index in [-0.39, 0.29) is 0 Å². The molecule has 0 spiro atoms. The van der Waals surface area contributed by atoms with Crippen LogP contribution in [0.2, 0.25) is 0 Å². The lowest BCUT2D eigenvalue weighted by molar-refractivity contribution is 1.06. The fourth-order valence-corrected chi connectivity index (χ4v) is 7.54. The van der Waals surface area contributed by atoms with Crippen molar-refractivity contribution in [1.82, 2.24) is 24.1 Å². The molecule has 242 valence electrons. The summed E-state index contributed by atoms with van der Waals surface area (Å²) in [4.78, 5) is 15.2. The zero-order chi connectivity index (χ0) is 34.6. The van der Waals surface area contributed by atoms with Crippen molar-refractivity contribution in [3.63, 3.8) is 0 Å². The van der Waals surface area contributed by atoms with Crippen molar-refractivity contribution in [2.45, 2.75) is 0 Å². The molecule has 0 bridgehead atoms. The van der Waals surface area contributed by atoms with E-state index in [0.29, 0.717) is 23.0 Å². The highest BCUT2D eigenvalue weighted by atomic mass is 15.1. The lowest BCUT2D eigenvalue weighted by Gasteiger charge is -2.15. The van der Waals surface area contributed by atoms with Crippen molar-refractivity contribution >= 4 is 43.6 Å². The summed E-state index contributed by atoms with van der Waals surface area (Å²) in [5.41, 5.74) is 9.62. The largest absolute Gasteiger partial charge is 0.309 e. The topological polar surface area (TPSA) is 72.3 Å².